The Morgan fingerprint density at radius 3 is 2.61 bits per heavy atom. The van der Waals surface area contributed by atoms with Crippen LogP contribution in [0.4, 0.5) is 10.2 Å². The number of aromatic nitrogens is 4. The van der Waals surface area contributed by atoms with Crippen LogP contribution in [0.1, 0.15) is 32.2 Å². The van der Waals surface area contributed by atoms with E-state index in [-0.39, 0.29) is 23.7 Å². The van der Waals surface area contributed by atoms with Gasteiger partial charge < -0.3 is 24.3 Å². The van der Waals surface area contributed by atoms with E-state index in [9.17, 15) is 4.79 Å². The molecule has 0 radical (unpaired) electrons. The molecule has 11 heteroatoms. The predicted molar refractivity (Wildman–Crippen MR) is 139 cm³/mol. The smallest absolute Gasteiger partial charge is 0.241 e. The maximum absolute atomic E-state index is 15.4. The number of fused-ring (bicyclic) bond motifs is 1. The minimum Gasteiger partial charge on any atom is -0.473 e. The topological polar surface area (TPSA) is 97.6 Å². The van der Waals surface area contributed by atoms with Crippen LogP contribution in [0, 0.1) is 11.7 Å². The molecule has 10 nitrogen and oxygen atoms in total. The first kappa shape index (κ1) is 23.8. The number of hydrogen-bond donors (Lipinski definition) is 1. The lowest BCUT2D eigenvalue weighted by molar-refractivity contribution is -0.119. The number of hydrogen-bond acceptors (Lipinski definition) is 8. The second-order valence-corrected chi connectivity index (χ2v) is 10.9. The molecule has 0 aromatic carbocycles. The number of nitrogens with zero attached hydrogens (tertiary/aromatic N) is 6. The molecule has 0 bridgehead atoms. The lowest BCUT2D eigenvalue weighted by Crippen LogP contribution is -2.56. The number of carbonyl (C=O) groups is 1. The molecule has 0 unspecified atom stereocenters. The van der Waals surface area contributed by atoms with Gasteiger partial charge in [0.15, 0.2) is 11.6 Å². The van der Waals surface area contributed by atoms with Crippen LogP contribution in [-0.2, 0) is 9.53 Å². The summed E-state index contributed by atoms with van der Waals surface area (Å²) in [7, 11) is 0. The van der Waals surface area contributed by atoms with Crippen LogP contribution in [0.25, 0.3) is 22.3 Å². The van der Waals surface area contributed by atoms with Gasteiger partial charge in [-0.1, -0.05) is 0 Å². The Labute approximate surface area is 220 Å². The van der Waals surface area contributed by atoms with Crippen molar-refractivity contribution in [3.8, 4) is 17.1 Å². The van der Waals surface area contributed by atoms with Gasteiger partial charge in [0.25, 0.3) is 0 Å². The minimum atomic E-state index is -0.361. The van der Waals surface area contributed by atoms with Gasteiger partial charge in [-0.2, -0.15) is 0 Å². The molecule has 1 saturated carbocycles. The van der Waals surface area contributed by atoms with Crippen molar-refractivity contribution in [1.82, 2.24) is 29.7 Å². The molecule has 3 aliphatic heterocycles. The van der Waals surface area contributed by atoms with E-state index < -0.39 is 0 Å². The van der Waals surface area contributed by atoms with Crippen molar-refractivity contribution >= 4 is 22.8 Å². The SMILES string of the molecule is C[C@@H](Oc1nc(-c2cnc(N3CCN(C4COC4)CC3)c(F)c2)cc2ncn(C3CC3)c12)[C@H]1CNC(=O)C1. The fraction of sp³-hybridized carbons (Fsp3) is 0.556. The number of pyridine rings is 2. The lowest BCUT2D eigenvalue weighted by atomic mass is 10.0. The van der Waals surface area contributed by atoms with E-state index in [1.165, 1.54) is 6.07 Å². The summed E-state index contributed by atoms with van der Waals surface area (Å²) in [6.07, 6.45) is 5.94. The normalized spacial score (nSPS) is 23.5. The van der Waals surface area contributed by atoms with Crippen molar-refractivity contribution in [3.63, 3.8) is 0 Å². The van der Waals surface area contributed by atoms with Gasteiger partial charge in [-0.15, -0.1) is 0 Å². The Morgan fingerprint density at radius 1 is 1.13 bits per heavy atom. The zero-order chi connectivity index (χ0) is 25.8. The van der Waals surface area contributed by atoms with Crippen LogP contribution >= 0.6 is 0 Å². The quantitative estimate of drug-likeness (QED) is 0.506. The zero-order valence-electron chi connectivity index (χ0n) is 21.5. The van der Waals surface area contributed by atoms with E-state index in [0.29, 0.717) is 48.0 Å². The van der Waals surface area contributed by atoms with Crippen molar-refractivity contribution in [1.29, 1.82) is 0 Å². The highest BCUT2D eigenvalue weighted by Gasteiger charge is 2.32. The highest BCUT2D eigenvalue weighted by Crippen LogP contribution is 2.40. The standard InChI is InChI=1S/C27H32FN7O3/c1-16(17-9-24(36)29-11-17)38-27-25-23(31-15-35(25)19-2-3-19)10-22(32-27)18-8-21(28)26(30-12-18)34-6-4-33(5-7-34)20-13-37-14-20/h8,10,12,15-17,19-20H,2-7,9,11,13-14H2,1H3,(H,29,36)/t16-,17-/m1/s1. The Balaban J connectivity index is 1.16. The number of halogens is 1. The Kier molecular flexibility index (Phi) is 5.92. The third kappa shape index (κ3) is 4.37. The highest BCUT2D eigenvalue weighted by atomic mass is 19.1. The molecule has 6 heterocycles. The molecule has 3 saturated heterocycles. The fourth-order valence-corrected chi connectivity index (χ4v) is 5.65. The number of carbonyl (C=O) groups excluding carboxylic acids is 1. The fourth-order valence-electron chi connectivity index (χ4n) is 5.65. The van der Waals surface area contributed by atoms with Gasteiger partial charge in [-0.25, -0.2) is 19.3 Å². The third-order valence-corrected chi connectivity index (χ3v) is 8.30. The lowest BCUT2D eigenvalue weighted by Gasteiger charge is -2.42. The molecule has 1 aliphatic carbocycles. The summed E-state index contributed by atoms with van der Waals surface area (Å²) in [5.41, 5.74) is 2.74. The van der Waals surface area contributed by atoms with Gasteiger partial charge in [-0.05, 0) is 31.9 Å². The predicted octanol–water partition coefficient (Wildman–Crippen LogP) is 2.39. The molecular formula is C27H32FN7O3. The van der Waals surface area contributed by atoms with Gasteiger partial charge in [-0.3, -0.25) is 9.69 Å². The van der Waals surface area contributed by atoms with Crippen LogP contribution in [-0.4, -0.2) is 88.4 Å². The number of anilines is 1. The second-order valence-electron chi connectivity index (χ2n) is 10.9. The Morgan fingerprint density at radius 2 is 1.95 bits per heavy atom. The molecule has 4 aliphatic rings. The average molecular weight is 522 g/mol. The van der Waals surface area contributed by atoms with Crippen molar-refractivity contribution in [3.05, 3.63) is 30.5 Å². The van der Waals surface area contributed by atoms with Gasteiger partial charge in [0, 0.05) is 62.9 Å². The van der Waals surface area contributed by atoms with Crippen molar-refractivity contribution in [2.75, 3.05) is 50.8 Å². The van der Waals surface area contributed by atoms with Gasteiger partial charge in [0.2, 0.25) is 11.8 Å². The van der Waals surface area contributed by atoms with Crippen LogP contribution < -0.4 is 15.0 Å². The maximum Gasteiger partial charge on any atom is 0.241 e. The Hall–Kier alpha value is -3.31. The molecule has 38 heavy (non-hydrogen) atoms. The summed E-state index contributed by atoms with van der Waals surface area (Å²) in [5, 5.41) is 2.88. The van der Waals surface area contributed by atoms with Crippen LogP contribution in [0.3, 0.4) is 0 Å². The summed E-state index contributed by atoms with van der Waals surface area (Å²) in [6.45, 7) is 7.35. The van der Waals surface area contributed by atoms with Crippen molar-refractivity contribution in [2.45, 2.75) is 44.4 Å². The summed E-state index contributed by atoms with van der Waals surface area (Å²) in [4.78, 5) is 30.2. The molecule has 1 N–H and O–H groups in total. The first-order valence-corrected chi connectivity index (χ1v) is 13.6. The number of amides is 1. The molecule has 0 spiro atoms. The van der Waals surface area contributed by atoms with Crippen LogP contribution in [0.15, 0.2) is 24.7 Å². The number of piperazine rings is 1. The molecule has 3 aromatic heterocycles. The number of nitrogens with one attached hydrogen (secondary N) is 1. The summed E-state index contributed by atoms with van der Waals surface area (Å²) in [5.74, 6) is 0.589. The van der Waals surface area contributed by atoms with Crippen LogP contribution in [0.5, 0.6) is 5.88 Å². The maximum atomic E-state index is 15.4. The van der Waals surface area contributed by atoms with E-state index >= 15 is 4.39 Å². The van der Waals surface area contributed by atoms with Gasteiger partial charge in [0.05, 0.1) is 36.8 Å². The van der Waals surface area contributed by atoms with E-state index in [0.717, 1.165) is 63.3 Å². The summed E-state index contributed by atoms with van der Waals surface area (Å²) < 4.78 is 29.2. The monoisotopic (exact) mass is 521 g/mol. The number of ether oxygens (including phenoxy) is 2. The number of rotatable bonds is 7. The third-order valence-electron chi connectivity index (χ3n) is 8.30. The highest BCUT2D eigenvalue weighted by molar-refractivity contribution is 5.85. The number of imidazole rings is 1. The molecule has 2 atom stereocenters. The van der Waals surface area contributed by atoms with E-state index in [4.69, 9.17) is 14.5 Å². The summed E-state index contributed by atoms with van der Waals surface area (Å²) in [6, 6.07) is 4.27. The zero-order valence-corrected chi connectivity index (χ0v) is 21.5. The molecule has 200 valence electrons. The average Bonchev–Trinajstić information content (AvgIpc) is 3.48. The van der Waals surface area contributed by atoms with E-state index in [1.54, 1.807) is 6.20 Å². The van der Waals surface area contributed by atoms with E-state index in [2.05, 4.69) is 24.8 Å². The first-order valence-electron chi connectivity index (χ1n) is 13.6. The summed E-state index contributed by atoms with van der Waals surface area (Å²) >= 11 is 0. The van der Waals surface area contributed by atoms with Crippen molar-refractivity contribution in [2.24, 2.45) is 5.92 Å². The Bertz CT molecular complexity index is 1360. The van der Waals surface area contributed by atoms with Gasteiger partial charge in [0.1, 0.15) is 11.6 Å². The van der Waals surface area contributed by atoms with Crippen molar-refractivity contribution < 1.29 is 18.7 Å². The largest absolute Gasteiger partial charge is 0.473 e. The molecular weight excluding hydrogens is 489 g/mol. The molecule has 3 aromatic rings. The first-order chi connectivity index (χ1) is 18.5. The second kappa shape index (κ2) is 9.46. The molecule has 1 amide bonds. The van der Waals surface area contributed by atoms with E-state index in [1.807, 2.05) is 24.2 Å². The van der Waals surface area contributed by atoms with Gasteiger partial charge >= 0.3 is 0 Å². The minimum absolute atomic E-state index is 0.0421. The van der Waals surface area contributed by atoms with Crippen LogP contribution in [0.2, 0.25) is 0 Å². The molecule has 4 fully saturated rings. The molecule has 7 rings (SSSR count).